The van der Waals surface area contributed by atoms with E-state index in [2.05, 4.69) is 31.0 Å². The summed E-state index contributed by atoms with van der Waals surface area (Å²) in [7, 11) is 0. The number of benzene rings is 6. The number of epoxide rings is 1. The summed E-state index contributed by atoms with van der Waals surface area (Å²) in [6, 6.07) is 46.4. The number of carbonyl (C=O) groups excluding carboxylic acids is 2. The molecule has 0 unspecified atom stereocenters. The first kappa shape index (κ1) is 72.7. The van der Waals surface area contributed by atoms with E-state index in [0.717, 1.165) is 27.8 Å². The molecule has 476 valence electrons. The molecule has 87 heavy (non-hydrogen) atoms. The van der Waals surface area contributed by atoms with Crippen molar-refractivity contribution in [1.29, 1.82) is 0 Å². The monoisotopic (exact) mass is 1200 g/mol. The molecule has 6 aromatic rings. The van der Waals surface area contributed by atoms with Crippen LogP contribution in [0, 0.1) is 13.8 Å². The van der Waals surface area contributed by atoms with Crippen LogP contribution in [0.4, 0.5) is 0 Å². The molecule has 0 bridgehead atoms. The van der Waals surface area contributed by atoms with E-state index in [-0.39, 0.29) is 54.1 Å². The largest absolute Gasteiger partial charge is 0.485 e. The van der Waals surface area contributed by atoms with E-state index in [0.29, 0.717) is 85.9 Å². The standard InChI is InChI=1S/C33H43NO6.C25H24O5.C8H19NO.C6H15N/c1-24-17-29(37-20-25-13-9-7-10-14-25)30(38-21-26-15-11-8-12-16-26)18-28(24)31(36)39-22-27(35)19-34-33(5,6)23-40-32(2,3)4;1-18-12-23(28-14-19-8-4-2-5-9-19)24(29-15-20-10-6-3-7-11-20)13-22(18)25(26)30-17-21-16-27-21;1-7(2,3)10-6-8(4,5)9;1-4-7(5-2)6-3/h7-18,27,34-35H,19-23H2,1-6H3;2-13,21H,14-17H2,1H3;6,9H2,1-5H3;4-6H2,1-3H3/t27-;21-;;/m00../s1. The molecule has 6 aromatic carbocycles. The number of nitrogens with two attached hydrogens (primary N) is 1. The topological polar surface area (TPSA) is 182 Å². The van der Waals surface area contributed by atoms with Crippen molar-refractivity contribution in [1.82, 2.24) is 10.2 Å². The van der Waals surface area contributed by atoms with Gasteiger partial charge in [-0.1, -0.05) is 142 Å². The number of aliphatic hydroxyl groups is 1. The average molecular weight is 1200 g/mol. The quantitative estimate of drug-likeness (QED) is 0.0311. The van der Waals surface area contributed by atoms with Gasteiger partial charge in [0.25, 0.3) is 0 Å². The second kappa shape index (κ2) is 36.5. The molecule has 1 aliphatic heterocycles. The zero-order valence-electron chi connectivity index (χ0n) is 54.7. The third-order valence-corrected chi connectivity index (χ3v) is 13.1. The molecule has 1 heterocycles. The summed E-state index contributed by atoms with van der Waals surface area (Å²) in [6.07, 6.45) is -0.850. The van der Waals surface area contributed by atoms with Gasteiger partial charge in [-0.2, -0.15) is 0 Å². The van der Waals surface area contributed by atoms with Gasteiger partial charge < -0.3 is 63.7 Å². The summed E-state index contributed by atoms with van der Waals surface area (Å²) in [4.78, 5) is 27.9. The van der Waals surface area contributed by atoms with Gasteiger partial charge in [0.2, 0.25) is 0 Å². The van der Waals surface area contributed by atoms with Crippen molar-refractivity contribution in [3.63, 3.8) is 0 Å². The van der Waals surface area contributed by atoms with Crippen LogP contribution in [0.5, 0.6) is 23.0 Å². The van der Waals surface area contributed by atoms with Crippen molar-refractivity contribution in [3.05, 3.63) is 190 Å². The molecule has 4 N–H and O–H groups in total. The molecule has 0 aliphatic carbocycles. The summed E-state index contributed by atoms with van der Waals surface area (Å²) in [5.74, 6) is 1.16. The van der Waals surface area contributed by atoms with E-state index < -0.39 is 12.1 Å². The van der Waals surface area contributed by atoms with Gasteiger partial charge in [0.05, 0.1) is 42.1 Å². The van der Waals surface area contributed by atoms with Gasteiger partial charge in [-0.15, -0.1) is 0 Å². The van der Waals surface area contributed by atoms with Crippen molar-refractivity contribution < 1.29 is 57.3 Å². The second-order valence-electron chi connectivity index (χ2n) is 24.8. The Hall–Kier alpha value is -6.82. The van der Waals surface area contributed by atoms with Crippen molar-refractivity contribution >= 4 is 11.9 Å². The summed E-state index contributed by atoms with van der Waals surface area (Å²) in [5.41, 5.74) is 11.2. The summed E-state index contributed by atoms with van der Waals surface area (Å²) < 4.78 is 51.5. The fourth-order valence-electron chi connectivity index (χ4n) is 7.79. The zero-order valence-corrected chi connectivity index (χ0v) is 54.7. The van der Waals surface area contributed by atoms with Crippen LogP contribution in [0.1, 0.15) is 144 Å². The Bertz CT molecular complexity index is 2880. The summed E-state index contributed by atoms with van der Waals surface area (Å²) in [6.45, 7) is 37.4. The van der Waals surface area contributed by atoms with Gasteiger partial charge in [-0.25, -0.2) is 9.59 Å². The molecule has 0 saturated carbocycles. The van der Waals surface area contributed by atoms with Gasteiger partial charge in [0, 0.05) is 17.6 Å². The maximum Gasteiger partial charge on any atom is 0.338 e. The van der Waals surface area contributed by atoms with E-state index in [1.807, 2.05) is 210 Å². The van der Waals surface area contributed by atoms with Crippen LogP contribution >= 0.6 is 0 Å². The normalized spacial score (nSPS) is 13.3. The Morgan fingerprint density at radius 3 is 1.18 bits per heavy atom. The number of carbonyl (C=O) groups is 2. The first-order chi connectivity index (χ1) is 41.2. The van der Waals surface area contributed by atoms with Gasteiger partial charge >= 0.3 is 11.9 Å². The van der Waals surface area contributed by atoms with E-state index >= 15 is 0 Å². The molecular formula is C72H101N3O12. The Morgan fingerprint density at radius 2 is 0.885 bits per heavy atom. The Labute approximate surface area is 520 Å². The highest BCUT2D eigenvalue weighted by Gasteiger charge is 2.27. The number of hydrogen-bond donors (Lipinski definition) is 3. The lowest BCUT2D eigenvalue weighted by atomic mass is 10.1. The third-order valence-electron chi connectivity index (χ3n) is 13.1. The van der Waals surface area contributed by atoms with Crippen LogP contribution in [-0.4, -0.2) is 116 Å². The molecule has 15 heteroatoms. The number of aliphatic hydroxyl groups excluding tert-OH is 1. The highest BCUT2D eigenvalue weighted by molar-refractivity contribution is 5.92. The molecule has 1 fully saturated rings. The number of aryl methyl sites for hydroxylation is 2. The van der Waals surface area contributed by atoms with Crippen LogP contribution < -0.4 is 30.0 Å². The minimum Gasteiger partial charge on any atom is -0.485 e. The molecule has 0 amide bonds. The number of β-amino-alcohol motifs (C(OH)–C–C–N with tert-alkyl or cyclic N) is 1. The minimum atomic E-state index is -0.875. The lowest BCUT2D eigenvalue weighted by Crippen LogP contribution is -2.49. The molecular weight excluding hydrogens is 1100 g/mol. The molecule has 0 aromatic heterocycles. The SMILES string of the molecule is CC(C)(N)COC(C)(C)C.CCN(CC)CC.Cc1cc(OCc2ccccc2)c(OCc2ccccc2)cc1C(=O)OC[C@@H](O)CNC(C)(C)COC(C)(C)C.Cc1cc(OCc2ccccc2)c(OCc2ccccc2)cc1C(=O)OC[C@@H]1CO1. The number of ether oxygens (including phenoxy) is 9. The van der Waals surface area contributed by atoms with E-state index in [1.165, 1.54) is 19.6 Å². The van der Waals surface area contributed by atoms with Crippen LogP contribution in [0.3, 0.4) is 0 Å². The third kappa shape index (κ3) is 30.6. The van der Waals surface area contributed by atoms with Crippen molar-refractivity contribution in [2.45, 2.75) is 165 Å². The molecule has 0 radical (unpaired) electrons. The minimum absolute atomic E-state index is 0.0246. The van der Waals surface area contributed by atoms with E-state index in [9.17, 15) is 14.7 Å². The maximum absolute atomic E-state index is 13.0. The van der Waals surface area contributed by atoms with Gasteiger partial charge in [0.15, 0.2) is 23.0 Å². The predicted octanol–water partition coefficient (Wildman–Crippen LogP) is 13.4. The first-order valence-electron chi connectivity index (χ1n) is 30.3. The Kier molecular flexibility index (Phi) is 30.5. The zero-order chi connectivity index (χ0) is 64.0. The van der Waals surface area contributed by atoms with Crippen LogP contribution in [-0.2, 0) is 50.1 Å². The fraction of sp³-hybridized carbons (Fsp3) is 0.472. The van der Waals surface area contributed by atoms with Gasteiger partial charge in [-0.3, -0.25) is 0 Å². The molecule has 15 nitrogen and oxygen atoms in total. The lowest BCUT2D eigenvalue weighted by molar-refractivity contribution is -0.0332. The van der Waals surface area contributed by atoms with Gasteiger partial charge in [0.1, 0.15) is 51.8 Å². The number of hydrogen-bond acceptors (Lipinski definition) is 15. The van der Waals surface area contributed by atoms with Crippen molar-refractivity contribution in [2.75, 3.05) is 59.2 Å². The number of esters is 2. The number of nitrogens with one attached hydrogen (secondary N) is 1. The van der Waals surface area contributed by atoms with Gasteiger partial charge in [-0.05, 0) is 160 Å². The average Bonchev–Trinajstić information content (AvgIpc) is 4.13. The Morgan fingerprint density at radius 1 is 0.552 bits per heavy atom. The fourth-order valence-corrected chi connectivity index (χ4v) is 7.79. The summed E-state index contributed by atoms with van der Waals surface area (Å²) >= 11 is 0. The van der Waals surface area contributed by atoms with Crippen molar-refractivity contribution in [2.24, 2.45) is 5.73 Å². The van der Waals surface area contributed by atoms with Crippen LogP contribution in [0.15, 0.2) is 146 Å². The maximum atomic E-state index is 13.0. The summed E-state index contributed by atoms with van der Waals surface area (Å²) in [5, 5.41) is 13.7. The molecule has 0 spiro atoms. The predicted molar refractivity (Wildman–Crippen MR) is 347 cm³/mol. The molecule has 1 saturated heterocycles. The molecule has 2 atom stereocenters. The smallest absolute Gasteiger partial charge is 0.338 e. The number of nitrogens with zero attached hydrogens (tertiary/aromatic N) is 1. The molecule has 1 aliphatic rings. The Balaban J connectivity index is 0.000000300. The highest BCUT2D eigenvalue weighted by Crippen LogP contribution is 2.35. The lowest BCUT2D eigenvalue weighted by Gasteiger charge is -2.31. The number of rotatable bonds is 28. The second-order valence-corrected chi connectivity index (χ2v) is 24.8. The molecule has 7 rings (SSSR count). The van der Waals surface area contributed by atoms with E-state index in [1.54, 1.807) is 18.2 Å². The first-order valence-corrected chi connectivity index (χ1v) is 30.3. The highest BCUT2D eigenvalue weighted by atomic mass is 16.6. The van der Waals surface area contributed by atoms with E-state index in [4.69, 9.17) is 48.4 Å². The van der Waals surface area contributed by atoms with Crippen molar-refractivity contribution in [3.8, 4) is 23.0 Å². The van der Waals surface area contributed by atoms with Crippen LogP contribution in [0.25, 0.3) is 0 Å². The van der Waals surface area contributed by atoms with Crippen LogP contribution in [0.2, 0.25) is 0 Å².